The van der Waals surface area contributed by atoms with E-state index in [0.717, 1.165) is 25.4 Å². The molecule has 0 aliphatic carbocycles. The maximum absolute atomic E-state index is 12.7. The highest BCUT2D eigenvalue weighted by molar-refractivity contribution is 5.81. The molecule has 8 nitrogen and oxygen atoms in total. The summed E-state index contributed by atoms with van der Waals surface area (Å²) in [5, 5.41) is 19.8. The van der Waals surface area contributed by atoms with Crippen molar-refractivity contribution < 1.29 is 28.6 Å². The zero-order chi connectivity index (χ0) is 27.8. The van der Waals surface area contributed by atoms with Gasteiger partial charge in [0, 0.05) is 42.7 Å². The largest absolute Gasteiger partial charge is 0.502 e. The van der Waals surface area contributed by atoms with Crippen LogP contribution in [0.5, 0.6) is 11.5 Å². The molecule has 0 aliphatic heterocycles. The molecule has 0 aliphatic rings. The Morgan fingerprint density at radius 3 is 1.54 bits per heavy atom. The molecule has 0 saturated carbocycles. The topological polar surface area (TPSA) is 135 Å². The summed E-state index contributed by atoms with van der Waals surface area (Å²) in [6, 6.07) is 0. The van der Waals surface area contributed by atoms with Crippen molar-refractivity contribution in [2.75, 3.05) is 0 Å². The van der Waals surface area contributed by atoms with Gasteiger partial charge in [-0.25, -0.2) is 0 Å². The van der Waals surface area contributed by atoms with Crippen LogP contribution in [0.25, 0.3) is 0 Å². The normalized spacial score (nSPS) is 12.2. The summed E-state index contributed by atoms with van der Waals surface area (Å²) in [5.74, 6) is -1.79. The minimum Gasteiger partial charge on any atom is -0.502 e. The van der Waals surface area contributed by atoms with Gasteiger partial charge < -0.3 is 19.0 Å². The van der Waals surface area contributed by atoms with Crippen LogP contribution in [0.1, 0.15) is 109 Å². The molecule has 0 atom stereocenters. The maximum Gasteiger partial charge on any atom is 0.230 e. The molecule has 2 aromatic rings. The maximum atomic E-state index is 12.7. The Morgan fingerprint density at radius 2 is 1.11 bits per heavy atom. The van der Waals surface area contributed by atoms with Crippen molar-refractivity contribution in [2.24, 2.45) is 10.8 Å². The van der Waals surface area contributed by atoms with E-state index < -0.39 is 33.7 Å². The summed E-state index contributed by atoms with van der Waals surface area (Å²) in [7, 11) is 0. The fraction of sp³-hybridized carbons (Fsp3) is 0.586. The van der Waals surface area contributed by atoms with Gasteiger partial charge in [0.15, 0.2) is 11.5 Å². The molecule has 0 bridgehead atoms. The Balaban J connectivity index is 2.01. The first kappa shape index (κ1) is 30.1. The van der Waals surface area contributed by atoms with E-state index in [1.54, 1.807) is 0 Å². The Morgan fingerprint density at radius 1 is 0.703 bits per heavy atom. The molecule has 8 heteroatoms. The standard InChI is InChI=1S/C29H40O8/c1-28(2,3)13-7-11-19(30)9-6-10-20(31)12-8-14-29(4,5)25(21-15-36-17-23(32)26(21)34)22-16-37-18-24(33)27(22)35/h15-18,25,32-33H,6-14H2,1-5H3. The summed E-state index contributed by atoms with van der Waals surface area (Å²) in [6.45, 7) is 10.1. The van der Waals surface area contributed by atoms with Crippen molar-refractivity contribution in [3.63, 3.8) is 0 Å². The minimum atomic E-state index is -0.861. The SMILES string of the molecule is CC(C)(C)CCCC(=O)CCCC(=O)CCCC(C)(C)C(c1cocc(O)c1=O)c1cocc(O)c1=O. The van der Waals surface area contributed by atoms with Gasteiger partial charge in [0.1, 0.15) is 24.1 Å². The van der Waals surface area contributed by atoms with E-state index in [-0.39, 0.29) is 28.1 Å². The third-order valence-electron chi connectivity index (χ3n) is 6.71. The number of ketones is 2. The van der Waals surface area contributed by atoms with E-state index in [2.05, 4.69) is 20.8 Å². The first-order valence-electron chi connectivity index (χ1n) is 12.8. The van der Waals surface area contributed by atoms with Crippen LogP contribution in [0, 0.1) is 10.8 Å². The Hall–Kier alpha value is -3.16. The van der Waals surface area contributed by atoms with Gasteiger partial charge in [-0.05, 0) is 42.9 Å². The van der Waals surface area contributed by atoms with Crippen LogP contribution >= 0.6 is 0 Å². The summed E-state index contributed by atoms with van der Waals surface area (Å²) < 4.78 is 10.2. The number of aromatic hydroxyl groups is 2. The van der Waals surface area contributed by atoms with Gasteiger partial charge in [0.2, 0.25) is 10.9 Å². The van der Waals surface area contributed by atoms with Crippen molar-refractivity contribution in [1.29, 1.82) is 0 Å². The second-order valence-corrected chi connectivity index (χ2v) is 11.7. The van der Waals surface area contributed by atoms with Crippen molar-refractivity contribution in [3.05, 3.63) is 56.6 Å². The fourth-order valence-corrected chi connectivity index (χ4v) is 4.70. The smallest absolute Gasteiger partial charge is 0.230 e. The lowest BCUT2D eigenvalue weighted by molar-refractivity contribution is -0.120. The van der Waals surface area contributed by atoms with Crippen LogP contribution in [0.3, 0.4) is 0 Å². The van der Waals surface area contributed by atoms with Crippen LogP contribution in [0.4, 0.5) is 0 Å². The molecule has 37 heavy (non-hydrogen) atoms. The molecule has 0 amide bonds. The third kappa shape index (κ3) is 9.02. The molecule has 2 aromatic heterocycles. The van der Waals surface area contributed by atoms with Crippen LogP contribution in [-0.4, -0.2) is 21.8 Å². The number of rotatable bonds is 14. The van der Waals surface area contributed by atoms with Gasteiger partial charge in [-0.1, -0.05) is 34.6 Å². The van der Waals surface area contributed by atoms with E-state index in [1.807, 2.05) is 13.8 Å². The van der Waals surface area contributed by atoms with Gasteiger partial charge in [-0.3, -0.25) is 19.2 Å². The van der Waals surface area contributed by atoms with Gasteiger partial charge in [-0.15, -0.1) is 0 Å². The second-order valence-electron chi connectivity index (χ2n) is 11.7. The molecule has 0 spiro atoms. The number of carbonyl (C=O) groups excluding carboxylic acids is 2. The molecule has 0 unspecified atom stereocenters. The molecule has 0 saturated heterocycles. The van der Waals surface area contributed by atoms with Crippen LogP contribution in [-0.2, 0) is 9.59 Å². The second kappa shape index (κ2) is 12.9. The summed E-state index contributed by atoms with van der Waals surface area (Å²) in [5.41, 5.74) is -1.79. The Labute approximate surface area is 217 Å². The Kier molecular flexibility index (Phi) is 10.5. The zero-order valence-corrected chi connectivity index (χ0v) is 22.6. The molecule has 2 heterocycles. The highest BCUT2D eigenvalue weighted by Crippen LogP contribution is 2.43. The first-order valence-corrected chi connectivity index (χ1v) is 12.8. The van der Waals surface area contributed by atoms with Gasteiger partial charge >= 0.3 is 0 Å². The van der Waals surface area contributed by atoms with E-state index in [4.69, 9.17) is 8.83 Å². The van der Waals surface area contributed by atoms with Gasteiger partial charge in [-0.2, -0.15) is 0 Å². The van der Waals surface area contributed by atoms with Crippen molar-refractivity contribution >= 4 is 11.6 Å². The third-order valence-corrected chi connectivity index (χ3v) is 6.71. The first-order chi connectivity index (χ1) is 17.2. The predicted octanol–water partition coefficient (Wildman–Crippen LogP) is 5.86. The quantitative estimate of drug-likeness (QED) is 0.319. The number of hydrogen-bond acceptors (Lipinski definition) is 8. The Bertz CT molecular complexity index is 1120. The van der Waals surface area contributed by atoms with E-state index >= 15 is 0 Å². The molecular formula is C29H40O8. The van der Waals surface area contributed by atoms with Crippen molar-refractivity contribution in [3.8, 4) is 11.5 Å². The van der Waals surface area contributed by atoms with Crippen LogP contribution < -0.4 is 10.9 Å². The highest BCUT2D eigenvalue weighted by atomic mass is 16.3. The molecule has 204 valence electrons. The molecule has 0 radical (unpaired) electrons. The van der Waals surface area contributed by atoms with Crippen LogP contribution in [0.2, 0.25) is 0 Å². The monoisotopic (exact) mass is 516 g/mol. The van der Waals surface area contributed by atoms with Crippen LogP contribution in [0.15, 0.2) is 43.5 Å². The molecule has 0 fully saturated rings. The number of hydrogen-bond donors (Lipinski definition) is 2. The number of Topliss-reactive ketones (excluding diaryl/α,β-unsaturated/α-hetero) is 2. The number of carbonyl (C=O) groups is 2. The van der Waals surface area contributed by atoms with Gasteiger partial charge in [0.25, 0.3) is 0 Å². The molecule has 2 rings (SSSR count). The minimum absolute atomic E-state index is 0.0548. The molecule has 0 aromatic carbocycles. The van der Waals surface area contributed by atoms with Crippen molar-refractivity contribution in [2.45, 2.75) is 98.3 Å². The highest BCUT2D eigenvalue weighted by Gasteiger charge is 2.37. The summed E-state index contributed by atoms with van der Waals surface area (Å²) in [6.07, 6.45) is 9.12. The van der Waals surface area contributed by atoms with E-state index in [1.165, 1.54) is 12.5 Å². The average Bonchev–Trinajstić information content (AvgIpc) is 2.78. The fourth-order valence-electron chi connectivity index (χ4n) is 4.70. The van der Waals surface area contributed by atoms with E-state index in [0.29, 0.717) is 44.9 Å². The molecule has 2 N–H and O–H groups in total. The zero-order valence-electron chi connectivity index (χ0n) is 22.6. The van der Waals surface area contributed by atoms with Gasteiger partial charge in [0.05, 0.1) is 12.5 Å². The predicted molar refractivity (Wildman–Crippen MR) is 140 cm³/mol. The lowest BCUT2D eigenvalue weighted by atomic mass is 9.69. The lowest BCUT2D eigenvalue weighted by Crippen LogP contribution is -2.31. The molecular weight excluding hydrogens is 476 g/mol. The van der Waals surface area contributed by atoms with E-state index in [9.17, 15) is 29.4 Å². The lowest BCUT2D eigenvalue weighted by Gasteiger charge is -2.34. The summed E-state index contributed by atoms with van der Waals surface area (Å²) in [4.78, 5) is 50.0. The van der Waals surface area contributed by atoms with Crippen molar-refractivity contribution in [1.82, 2.24) is 0 Å². The average molecular weight is 517 g/mol. The summed E-state index contributed by atoms with van der Waals surface area (Å²) >= 11 is 0.